The van der Waals surface area contributed by atoms with Gasteiger partial charge in [0.1, 0.15) is 0 Å². The Morgan fingerprint density at radius 2 is 1.94 bits per heavy atom. The molecular weight excluding hydrogens is 212 g/mol. The molecule has 0 N–H and O–H groups in total. The van der Waals surface area contributed by atoms with E-state index in [1.54, 1.807) is 0 Å². The molecule has 0 radical (unpaired) electrons. The van der Waals surface area contributed by atoms with E-state index in [1.807, 2.05) is 13.8 Å². The Labute approximate surface area is 103 Å². The number of hydrogen-bond acceptors (Lipinski definition) is 2. The number of rotatable bonds is 3. The fourth-order valence-electron chi connectivity index (χ4n) is 2.37. The van der Waals surface area contributed by atoms with Crippen molar-refractivity contribution in [2.75, 3.05) is 0 Å². The van der Waals surface area contributed by atoms with E-state index in [2.05, 4.69) is 18.2 Å². The van der Waals surface area contributed by atoms with Crippen LogP contribution in [0, 0.1) is 0 Å². The van der Waals surface area contributed by atoms with Crippen molar-refractivity contribution in [2.24, 2.45) is 0 Å². The second kappa shape index (κ2) is 5.35. The first kappa shape index (κ1) is 12.2. The summed E-state index contributed by atoms with van der Waals surface area (Å²) in [6, 6.07) is 6.41. The van der Waals surface area contributed by atoms with Gasteiger partial charge in [-0.15, -0.1) is 0 Å². The zero-order valence-corrected chi connectivity index (χ0v) is 10.7. The van der Waals surface area contributed by atoms with Crippen molar-refractivity contribution in [3.05, 3.63) is 34.9 Å². The molecule has 0 heterocycles. The van der Waals surface area contributed by atoms with E-state index in [-0.39, 0.29) is 12.1 Å². The van der Waals surface area contributed by atoms with Crippen molar-refractivity contribution >= 4 is 5.97 Å². The van der Waals surface area contributed by atoms with Crippen molar-refractivity contribution in [3.8, 4) is 0 Å². The Bertz CT molecular complexity index is 407. The molecule has 0 bridgehead atoms. The highest BCUT2D eigenvalue weighted by Gasteiger charge is 2.12. The van der Waals surface area contributed by atoms with E-state index in [9.17, 15) is 4.79 Å². The molecular formula is C15H20O2. The van der Waals surface area contributed by atoms with Crippen LogP contribution >= 0.6 is 0 Å². The van der Waals surface area contributed by atoms with Gasteiger partial charge in [-0.25, -0.2) is 0 Å². The fraction of sp³-hybridized carbons (Fsp3) is 0.533. The molecule has 0 saturated heterocycles. The Kier molecular flexibility index (Phi) is 3.82. The van der Waals surface area contributed by atoms with Crippen LogP contribution < -0.4 is 0 Å². The minimum Gasteiger partial charge on any atom is -0.463 e. The van der Waals surface area contributed by atoms with Gasteiger partial charge in [0.15, 0.2) is 0 Å². The smallest absolute Gasteiger partial charge is 0.310 e. The third-order valence-corrected chi connectivity index (χ3v) is 3.13. The molecule has 0 aliphatic heterocycles. The van der Waals surface area contributed by atoms with E-state index in [0.29, 0.717) is 6.42 Å². The number of carbonyl (C=O) groups is 1. The maximum atomic E-state index is 11.6. The summed E-state index contributed by atoms with van der Waals surface area (Å²) in [6.07, 6.45) is 5.27. The molecule has 0 unspecified atom stereocenters. The van der Waals surface area contributed by atoms with Crippen molar-refractivity contribution in [2.45, 2.75) is 52.1 Å². The third kappa shape index (κ3) is 3.32. The first-order valence-electron chi connectivity index (χ1n) is 6.45. The molecule has 0 amide bonds. The lowest BCUT2D eigenvalue weighted by Gasteiger charge is -2.16. The average molecular weight is 232 g/mol. The molecule has 1 aromatic rings. The lowest BCUT2D eigenvalue weighted by molar-refractivity contribution is -0.146. The zero-order chi connectivity index (χ0) is 12.3. The van der Waals surface area contributed by atoms with Crippen LogP contribution in [-0.4, -0.2) is 12.1 Å². The van der Waals surface area contributed by atoms with Gasteiger partial charge < -0.3 is 4.74 Å². The number of aryl methyl sites for hydroxylation is 2. The van der Waals surface area contributed by atoms with Gasteiger partial charge in [-0.1, -0.05) is 18.2 Å². The van der Waals surface area contributed by atoms with Crippen LogP contribution in [0.1, 0.15) is 43.4 Å². The average Bonchev–Trinajstić information content (AvgIpc) is 2.27. The summed E-state index contributed by atoms with van der Waals surface area (Å²) in [7, 11) is 0. The topological polar surface area (TPSA) is 26.3 Å². The minimum atomic E-state index is -0.129. The van der Waals surface area contributed by atoms with Crippen LogP contribution in [-0.2, 0) is 28.8 Å². The zero-order valence-electron chi connectivity index (χ0n) is 10.7. The van der Waals surface area contributed by atoms with Crippen LogP contribution in [0.5, 0.6) is 0 Å². The Balaban J connectivity index is 2.04. The van der Waals surface area contributed by atoms with Gasteiger partial charge in [-0.3, -0.25) is 4.79 Å². The fourth-order valence-corrected chi connectivity index (χ4v) is 2.37. The second-order valence-corrected chi connectivity index (χ2v) is 5.03. The van der Waals surface area contributed by atoms with E-state index in [1.165, 1.54) is 30.4 Å². The summed E-state index contributed by atoms with van der Waals surface area (Å²) in [4.78, 5) is 11.6. The molecule has 0 fully saturated rings. The molecule has 2 heteroatoms. The van der Waals surface area contributed by atoms with E-state index in [4.69, 9.17) is 4.74 Å². The predicted octanol–water partition coefficient (Wildman–Crippen LogP) is 3.06. The van der Waals surface area contributed by atoms with Gasteiger partial charge in [0.25, 0.3) is 0 Å². The van der Waals surface area contributed by atoms with Gasteiger partial charge in [-0.2, -0.15) is 0 Å². The summed E-state index contributed by atoms with van der Waals surface area (Å²) in [5.74, 6) is -0.129. The highest BCUT2D eigenvalue weighted by molar-refractivity contribution is 5.72. The quantitative estimate of drug-likeness (QED) is 0.749. The number of esters is 1. The highest BCUT2D eigenvalue weighted by Crippen LogP contribution is 2.22. The third-order valence-electron chi connectivity index (χ3n) is 3.13. The molecule has 92 valence electrons. The van der Waals surface area contributed by atoms with E-state index < -0.39 is 0 Å². The van der Waals surface area contributed by atoms with Crippen molar-refractivity contribution in [3.63, 3.8) is 0 Å². The lowest BCUT2D eigenvalue weighted by Crippen LogP contribution is -2.14. The van der Waals surface area contributed by atoms with Crippen molar-refractivity contribution in [1.82, 2.24) is 0 Å². The van der Waals surface area contributed by atoms with E-state index in [0.717, 1.165) is 12.0 Å². The molecule has 0 saturated carbocycles. The minimum absolute atomic E-state index is 0.0277. The molecule has 0 spiro atoms. The van der Waals surface area contributed by atoms with E-state index >= 15 is 0 Å². The van der Waals surface area contributed by atoms with Crippen molar-refractivity contribution in [1.29, 1.82) is 0 Å². The summed E-state index contributed by atoms with van der Waals surface area (Å²) in [5, 5.41) is 0. The second-order valence-electron chi connectivity index (χ2n) is 5.03. The van der Waals surface area contributed by atoms with Gasteiger partial charge >= 0.3 is 5.97 Å². The SMILES string of the molecule is CC(C)OC(=O)Cc1ccc2c(c1)CCCC2. The van der Waals surface area contributed by atoms with Gasteiger partial charge in [0.2, 0.25) is 0 Å². The molecule has 1 aromatic carbocycles. The van der Waals surface area contributed by atoms with Gasteiger partial charge in [0.05, 0.1) is 12.5 Å². The molecule has 0 atom stereocenters. The maximum absolute atomic E-state index is 11.6. The van der Waals surface area contributed by atoms with Gasteiger partial charge in [0, 0.05) is 0 Å². The predicted molar refractivity (Wildman–Crippen MR) is 68.0 cm³/mol. The first-order chi connectivity index (χ1) is 8.15. The molecule has 1 aliphatic rings. The van der Waals surface area contributed by atoms with Crippen LogP contribution in [0.2, 0.25) is 0 Å². The number of carbonyl (C=O) groups excluding carboxylic acids is 1. The Morgan fingerprint density at radius 3 is 2.65 bits per heavy atom. The monoisotopic (exact) mass is 232 g/mol. The molecule has 2 nitrogen and oxygen atoms in total. The van der Waals surface area contributed by atoms with Crippen LogP contribution in [0.4, 0.5) is 0 Å². The highest BCUT2D eigenvalue weighted by atomic mass is 16.5. The summed E-state index contributed by atoms with van der Waals surface area (Å²) in [5.41, 5.74) is 3.96. The van der Waals surface area contributed by atoms with Gasteiger partial charge in [-0.05, 0) is 56.2 Å². The van der Waals surface area contributed by atoms with Crippen LogP contribution in [0.15, 0.2) is 18.2 Å². The number of ether oxygens (including phenoxy) is 1. The van der Waals surface area contributed by atoms with Crippen LogP contribution in [0.25, 0.3) is 0 Å². The Morgan fingerprint density at radius 1 is 1.24 bits per heavy atom. The molecule has 0 aromatic heterocycles. The normalized spacial score (nSPS) is 14.5. The lowest BCUT2D eigenvalue weighted by atomic mass is 9.90. The first-order valence-corrected chi connectivity index (χ1v) is 6.45. The summed E-state index contributed by atoms with van der Waals surface area (Å²) >= 11 is 0. The standard InChI is InChI=1S/C15H20O2/c1-11(2)17-15(16)10-12-7-8-13-5-3-4-6-14(13)9-12/h7-9,11H,3-6,10H2,1-2H3. The molecule has 17 heavy (non-hydrogen) atoms. The number of benzene rings is 1. The maximum Gasteiger partial charge on any atom is 0.310 e. The summed E-state index contributed by atoms with van der Waals surface area (Å²) in [6.45, 7) is 3.76. The number of fused-ring (bicyclic) bond motifs is 1. The Hall–Kier alpha value is -1.31. The molecule has 1 aliphatic carbocycles. The summed E-state index contributed by atoms with van der Waals surface area (Å²) < 4.78 is 5.16. The van der Waals surface area contributed by atoms with Crippen LogP contribution in [0.3, 0.4) is 0 Å². The number of hydrogen-bond donors (Lipinski definition) is 0. The largest absolute Gasteiger partial charge is 0.463 e. The van der Waals surface area contributed by atoms with Crippen molar-refractivity contribution < 1.29 is 9.53 Å². The molecule has 2 rings (SSSR count).